The molecule has 0 spiro atoms. The number of hydrogen-bond donors (Lipinski definition) is 2. The van der Waals surface area contributed by atoms with Crippen molar-refractivity contribution in [2.75, 3.05) is 6.54 Å². The second kappa shape index (κ2) is 4.67. The summed E-state index contributed by atoms with van der Waals surface area (Å²) in [6.45, 7) is 5.15. The summed E-state index contributed by atoms with van der Waals surface area (Å²) >= 11 is 1.52. The van der Waals surface area contributed by atoms with Crippen LogP contribution >= 0.6 is 11.3 Å². The average molecular weight is 254 g/mol. The van der Waals surface area contributed by atoms with Crippen molar-refractivity contribution in [1.29, 1.82) is 0 Å². The predicted octanol–water partition coefficient (Wildman–Crippen LogP) is 2.72. The Morgan fingerprint density at radius 3 is 2.53 bits per heavy atom. The Hall–Kier alpha value is -0.450. The van der Waals surface area contributed by atoms with Gasteiger partial charge in [-0.1, -0.05) is 13.8 Å². The molecular weight excluding hydrogens is 232 g/mol. The van der Waals surface area contributed by atoms with Crippen LogP contribution in [0.1, 0.15) is 50.5 Å². The fraction of sp³-hybridized carbons (Fsp3) is 0.769. The lowest BCUT2D eigenvalue weighted by atomic mass is 9.62. The van der Waals surface area contributed by atoms with Crippen LogP contribution < -0.4 is 5.73 Å². The van der Waals surface area contributed by atoms with Crippen molar-refractivity contribution in [3.63, 3.8) is 0 Å². The summed E-state index contributed by atoms with van der Waals surface area (Å²) in [5.41, 5.74) is 7.99. The third-order valence-corrected chi connectivity index (χ3v) is 5.13. The Kier molecular flexibility index (Phi) is 3.57. The van der Waals surface area contributed by atoms with E-state index in [2.05, 4.69) is 18.8 Å². The molecule has 2 rings (SSSR count). The first-order chi connectivity index (χ1) is 7.99. The van der Waals surface area contributed by atoms with Crippen LogP contribution in [-0.4, -0.2) is 16.6 Å². The van der Waals surface area contributed by atoms with Gasteiger partial charge in [-0.15, -0.1) is 11.3 Å². The summed E-state index contributed by atoms with van der Waals surface area (Å²) in [5, 5.41) is 10.5. The second-order valence-corrected chi connectivity index (χ2v) is 6.95. The zero-order valence-corrected chi connectivity index (χ0v) is 11.5. The molecule has 96 valence electrons. The highest BCUT2D eigenvalue weighted by molar-refractivity contribution is 7.09. The molecule has 1 aromatic heterocycles. The van der Waals surface area contributed by atoms with E-state index in [9.17, 15) is 5.11 Å². The minimum atomic E-state index is -0.448. The zero-order valence-electron chi connectivity index (χ0n) is 10.6. The van der Waals surface area contributed by atoms with Crippen LogP contribution in [-0.2, 0) is 0 Å². The van der Waals surface area contributed by atoms with Gasteiger partial charge in [0.1, 0.15) is 0 Å². The second-order valence-electron chi connectivity index (χ2n) is 6.04. The van der Waals surface area contributed by atoms with Gasteiger partial charge in [-0.05, 0) is 31.1 Å². The van der Waals surface area contributed by atoms with Crippen molar-refractivity contribution in [1.82, 2.24) is 4.98 Å². The summed E-state index contributed by atoms with van der Waals surface area (Å²) < 4.78 is 0. The van der Waals surface area contributed by atoms with Gasteiger partial charge in [-0.25, -0.2) is 0 Å². The number of hydrogen-bond acceptors (Lipinski definition) is 4. The van der Waals surface area contributed by atoms with Crippen molar-refractivity contribution in [2.24, 2.45) is 16.6 Å². The van der Waals surface area contributed by atoms with Crippen molar-refractivity contribution >= 4 is 11.3 Å². The number of nitrogens with two attached hydrogens (primary N) is 1. The quantitative estimate of drug-likeness (QED) is 0.872. The van der Waals surface area contributed by atoms with Gasteiger partial charge in [0.25, 0.3) is 0 Å². The molecule has 0 bridgehead atoms. The molecule has 1 atom stereocenters. The van der Waals surface area contributed by atoms with E-state index in [4.69, 9.17) is 5.73 Å². The Balaban J connectivity index is 2.16. The highest BCUT2D eigenvalue weighted by atomic mass is 32.1. The van der Waals surface area contributed by atoms with Crippen molar-refractivity contribution in [3.8, 4) is 0 Å². The van der Waals surface area contributed by atoms with E-state index in [0.717, 1.165) is 30.6 Å². The van der Waals surface area contributed by atoms with E-state index in [-0.39, 0.29) is 5.41 Å². The standard InChI is InChI=1S/C13H22N2OS/c1-12(2)3-5-13(8-14,6-4-12)11(16)10-7-15-9-17-10/h7,9,11,16H,3-6,8,14H2,1-2H3. The molecule has 0 radical (unpaired) electrons. The first-order valence-corrected chi connectivity index (χ1v) is 7.14. The fourth-order valence-corrected chi connectivity index (χ4v) is 3.42. The number of nitrogens with zero attached hydrogens (tertiary/aromatic N) is 1. The molecule has 17 heavy (non-hydrogen) atoms. The summed E-state index contributed by atoms with van der Waals surface area (Å²) in [7, 11) is 0. The molecule has 1 unspecified atom stereocenters. The number of thiazole rings is 1. The van der Waals surface area contributed by atoms with Gasteiger partial charge in [-0.3, -0.25) is 4.98 Å². The molecule has 0 saturated heterocycles. The van der Waals surface area contributed by atoms with Crippen LogP contribution in [0.2, 0.25) is 0 Å². The van der Waals surface area contributed by atoms with Gasteiger partial charge in [0.15, 0.2) is 0 Å². The van der Waals surface area contributed by atoms with Crippen molar-refractivity contribution < 1.29 is 5.11 Å². The number of aliphatic hydroxyl groups is 1. The molecule has 0 aliphatic heterocycles. The van der Waals surface area contributed by atoms with Crippen LogP contribution in [0.4, 0.5) is 0 Å². The predicted molar refractivity (Wildman–Crippen MR) is 70.8 cm³/mol. The van der Waals surface area contributed by atoms with Gasteiger partial charge in [0, 0.05) is 18.2 Å². The molecule has 1 saturated carbocycles. The minimum Gasteiger partial charge on any atom is -0.387 e. The van der Waals surface area contributed by atoms with Crippen molar-refractivity contribution in [2.45, 2.75) is 45.6 Å². The van der Waals surface area contributed by atoms with Gasteiger partial charge in [0.2, 0.25) is 0 Å². The van der Waals surface area contributed by atoms with E-state index in [1.54, 1.807) is 11.7 Å². The summed E-state index contributed by atoms with van der Waals surface area (Å²) in [4.78, 5) is 5.00. The topological polar surface area (TPSA) is 59.1 Å². The maximum absolute atomic E-state index is 10.5. The number of rotatable bonds is 3. The first-order valence-electron chi connectivity index (χ1n) is 6.26. The third-order valence-electron chi connectivity index (χ3n) is 4.31. The average Bonchev–Trinajstić information content (AvgIpc) is 2.82. The molecule has 1 heterocycles. The van der Waals surface area contributed by atoms with E-state index in [0.29, 0.717) is 12.0 Å². The molecule has 1 aliphatic rings. The maximum atomic E-state index is 10.5. The normalized spacial score (nSPS) is 24.5. The van der Waals surface area contributed by atoms with Gasteiger partial charge < -0.3 is 10.8 Å². The van der Waals surface area contributed by atoms with Crippen LogP contribution in [0.25, 0.3) is 0 Å². The summed E-state index contributed by atoms with van der Waals surface area (Å²) in [5.74, 6) is 0. The molecule has 0 aromatic carbocycles. The largest absolute Gasteiger partial charge is 0.387 e. The Morgan fingerprint density at radius 2 is 2.06 bits per heavy atom. The number of aliphatic hydroxyl groups excluding tert-OH is 1. The molecular formula is C13H22N2OS. The van der Waals surface area contributed by atoms with E-state index in [1.807, 2.05) is 0 Å². The SMILES string of the molecule is CC1(C)CCC(CN)(C(O)c2cncs2)CC1. The summed E-state index contributed by atoms with van der Waals surface area (Å²) in [6, 6.07) is 0. The van der Waals surface area contributed by atoms with Crippen LogP contribution in [0.3, 0.4) is 0 Å². The highest BCUT2D eigenvalue weighted by Gasteiger charge is 2.43. The Bertz CT molecular complexity index is 352. The lowest BCUT2D eigenvalue weighted by molar-refractivity contribution is -0.0216. The maximum Gasteiger partial charge on any atom is 0.0966 e. The molecule has 3 nitrogen and oxygen atoms in total. The molecule has 4 heteroatoms. The molecule has 3 N–H and O–H groups in total. The van der Waals surface area contributed by atoms with Gasteiger partial charge >= 0.3 is 0 Å². The van der Waals surface area contributed by atoms with Gasteiger partial charge in [-0.2, -0.15) is 0 Å². The Morgan fingerprint density at radius 1 is 1.41 bits per heavy atom. The first kappa shape index (κ1) is 13.0. The van der Waals surface area contributed by atoms with Crippen LogP contribution in [0.15, 0.2) is 11.7 Å². The smallest absolute Gasteiger partial charge is 0.0966 e. The third kappa shape index (κ3) is 2.54. The minimum absolute atomic E-state index is 0.137. The molecule has 1 aromatic rings. The Labute approximate surface area is 107 Å². The molecule has 1 fully saturated rings. The fourth-order valence-electron chi connectivity index (χ4n) is 2.68. The van der Waals surface area contributed by atoms with Crippen LogP contribution in [0.5, 0.6) is 0 Å². The monoisotopic (exact) mass is 254 g/mol. The van der Waals surface area contributed by atoms with E-state index >= 15 is 0 Å². The van der Waals surface area contributed by atoms with Crippen molar-refractivity contribution in [3.05, 3.63) is 16.6 Å². The lowest BCUT2D eigenvalue weighted by Crippen LogP contribution is -2.41. The van der Waals surface area contributed by atoms with Crippen LogP contribution in [0, 0.1) is 10.8 Å². The zero-order chi connectivity index (χ0) is 12.5. The lowest BCUT2D eigenvalue weighted by Gasteiger charge is -2.45. The molecule has 0 amide bonds. The highest BCUT2D eigenvalue weighted by Crippen LogP contribution is 2.51. The number of aromatic nitrogens is 1. The van der Waals surface area contributed by atoms with E-state index < -0.39 is 6.10 Å². The van der Waals surface area contributed by atoms with Gasteiger partial charge in [0.05, 0.1) is 16.5 Å². The molecule has 1 aliphatic carbocycles. The van der Waals surface area contributed by atoms with E-state index in [1.165, 1.54) is 11.3 Å². The summed E-state index contributed by atoms with van der Waals surface area (Å²) in [6.07, 6.45) is 5.62.